The van der Waals surface area contributed by atoms with Gasteiger partial charge in [0.05, 0.1) is 6.04 Å². The van der Waals surface area contributed by atoms with Gasteiger partial charge < -0.3 is 10.3 Å². The average Bonchev–Trinajstić information content (AvgIpc) is 2.50. The van der Waals surface area contributed by atoms with E-state index in [1.165, 1.54) is 0 Å². The molecule has 2 N–H and O–H groups in total. The Balaban J connectivity index is 2.65. The lowest BCUT2D eigenvalue weighted by atomic mass is 9.80. The van der Waals surface area contributed by atoms with E-state index in [1.54, 1.807) is 0 Å². The topological polar surface area (TPSA) is 64.9 Å². The van der Waals surface area contributed by atoms with E-state index in [0.717, 1.165) is 6.42 Å². The minimum Gasteiger partial charge on any atom is -0.339 e. The van der Waals surface area contributed by atoms with E-state index in [-0.39, 0.29) is 11.5 Å². The van der Waals surface area contributed by atoms with Crippen LogP contribution in [0.1, 0.15) is 52.4 Å². The number of nitrogens with two attached hydrogens (primary N) is 1. The van der Waals surface area contributed by atoms with E-state index < -0.39 is 0 Å². The zero-order valence-corrected chi connectivity index (χ0v) is 10.2. The summed E-state index contributed by atoms with van der Waals surface area (Å²) in [6.45, 7) is 10.7. The van der Waals surface area contributed by atoms with Gasteiger partial charge in [-0.15, -0.1) is 0 Å². The summed E-state index contributed by atoms with van der Waals surface area (Å²) in [6.07, 6.45) is 0.809. The van der Waals surface area contributed by atoms with Gasteiger partial charge in [-0.3, -0.25) is 0 Å². The molecular formula is C11H21N3O. The Labute approximate surface area is 91.2 Å². The van der Waals surface area contributed by atoms with Gasteiger partial charge in [0.15, 0.2) is 5.82 Å². The first-order chi connectivity index (χ1) is 6.80. The van der Waals surface area contributed by atoms with Crippen LogP contribution < -0.4 is 5.73 Å². The van der Waals surface area contributed by atoms with Crippen LogP contribution in [-0.4, -0.2) is 10.1 Å². The molecule has 1 aromatic heterocycles. The maximum absolute atomic E-state index is 5.66. The molecule has 0 aliphatic carbocycles. The van der Waals surface area contributed by atoms with Crippen LogP contribution in [0.15, 0.2) is 4.52 Å². The number of hydrogen-bond acceptors (Lipinski definition) is 4. The molecule has 0 spiro atoms. The van der Waals surface area contributed by atoms with E-state index in [0.29, 0.717) is 17.6 Å². The standard InChI is InChI=1S/C11H21N3O/c1-7(11(3,4)5)6-9-13-10(8(2)12)14-15-9/h7-8H,6,12H2,1-5H3. The summed E-state index contributed by atoms with van der Waals surface area (Å²) in [5, 5.41) is 3.84. The highest BCUT2D eigenvalue weighted by molar-refractivity contribution is 4.92. The smallest absolute Gasteiger partial charge is 0.226 e. The van der Waals surface area contributed by atoms with Crippen molar-refractivity contribution in [3.8, 4) is 0 Å². The Morgan fingerprint density at radius 3 is 2.33 bits per heavy atom. The van der Waals surface area contributed by atoms with Crippen molar-refractivity contribution < 1.29 is 4.52 Å². The quantitative estimate of drug-likeness (QED) is 0.833. The fourth-order valence-electron chi connectivity index (χ4n) is 1.10. The van der Waals surface area contributed by atoms with Crippen molar-refractivity contribution >= 4 is 0 Å². The Hall–Kier alpha value is -0.900. The van der Waals surface area contributed by atoms with Crippen molar-refractivity contribution in [3.63, 3.8) is 0 Å². The lowest BCUT2D eigenvalue weighted by Gasteiger charge is -2.25. The van der Waals surface area contributed by atoms with Gasteiger partial charge in [-0.25, -0.2) is 0 Å². The van der Waals surface area contributed by atoms with Gasteiger partial charge in [-0.1, -0.05) is 32.9 Å². The average molecular weight is 211 g/mol. The molecule has 0 aliphatic rings. The summed E-state index contributed by atoms with van der Waals surface area (Å²) < 4.78 is 5.15. The molecule has 15 heavy (non-hydrogen) atoms. The molecule has 0 aliphatic heterocycles. The van der Waals surface area contributed by atoms with Crippen LogP contribution in [-0.2, 0) is 6.42 Å². The molecule has 0 radical (unpaired) electrons. The monoisotopic (exact) mass is 211 g/mol. The minimum atomic E-state index is -0.160. The summed E-state index contributed by atoms with van der Waals surface area (Å²) in [6, 6.07) is -0.160. The van der Waals surface area contributed by atoms with Crippen molar-refractivity contribution in [2.24, 2.45) is 17.1 Å². The van der Waals surface area contributed by atoms with Gasteiger partial charge in [0, 0.05) is 6.42 Å². The third-order valence-corrected chi connectivity index (χ3v) is 2.85. The summed E-state index contributed by atoms with van der Waals surface area (Å²) in [4.78, 5) is 4.26. The number of rotatable bonds is 3. The van der Waals surface area contributed by atoms with Gasteiger partial charge in [0.2, 0.25) is 5.89 Å². The van der Waals surface area contributed by atoms with E-state index in [9.17, 15) is 0 Å². The molecule has 1 heterocycles. The number of aromatic nitrogens is 2. The maximum Gasteiger partial charge on any atom is 0.226 e. The highest BCUT2D eigenvalue weighted by Crippen LogP contribution is 2.28. The highest BCUT2D eigenvalue weighted by atomic mass is 16.5. The van der Waals surface area contributed by atoms with Crippen molar-refractivity contribution in [1.29, 1.82) is 0 Å². The Kier molecular flexibility index (Phi) is 3.50. The van der Waals surface area contributed by atoms with Gasteiger partial charge in [-0.05, 0) is 18.3 Å². The van der Waals surface area contributed by atoms with Crippen molar-refractivity contribution in [2.75, 3.05) is 0 Å². The molecule has 1 aromatic rings. The molecule has 1 rings (SSSR count). The lowest BCUT2D eigenvalue weighted by Crippen LogP contribution is -2.19. The SMILES string of the molecule is CC(N)c1noc(CC(C)C(C)(C)C)n1. The van der Waals surface area contributed by atoms with E-state index in [1.807, 2.05) is 6.92 Å². The fourth-order valence-corrected chi connectivity index (χ4v) is 1.10. The summed E-state index contributed by atoms with van der Waals surface area (Å²) in [5.41, 5.74) is 5.91. The van der Waals surface area contributed by atoms with Crippen molar-refractivity contribution in [2.45, 2.75) is 47.1 Å². The lowest BCUT2D eigenvalue weighted by molar-refractivity contribution is 0.236. The largest absolute Gasteiger partial charge is 0.339 e. The van der Waals surface area contributed by atoms with Gasteiger partial charge in [0.1, 0.15) is 0 Å². The van der Waals surface area contributed by atoms with Crippen molar-refractivity contribution in [1.82, 2.24) is 10.1 Å². The predicted molar refractivity (Wildman–Crippen MR) is 59.2 cm³/mol. The van der Waals surface area contributed by atoms with Crippen LogP contribution in [0.3, 0.4) is 0 Å². The summed E-state index contributed by atoms with van der Waals surface area (Å²) >= 11 is 0. The van der Waals surface area contributed by atoms with Crippen LogP contribution in [0, 0.1) is 11.3 Å². The van der Waals surface area contributed by atoms with Gasteiger partial charge >= 0.3 is 0 Å². The number of hydrogen-bond donors (Lipinski definition) is 1. The molecule has 0 bridgehead atoms. The third kappa shape index (κ3) is 3.30. The first-order valence-corrected chi connectivity index (χ1v) is 5.38. The molecule has 0 saturated carbocycles. The highest BCUT2D eigenvalue weighted by Gasteiger charge is 2.22. The van der Waals surface area contributed by atoms with Gasteiger partial charge in [-0.2, -0.15) is 4.98 Å². The molecule has 2 atom stereocenters. The molecule has 4 heteroatoms. The molecular weight excluding hydrogens is 190 g/mol. The molecule has 0 fully saturated rings. The Morgan fingerprint density at radius 2 is 1.93 bits per heavy atom. The van der Waals surface area contributed by atoms with Gasteiger partial charge in [0.25, 0.3) is 0 Å². The Morgan fingerprint density at radius 1 is 1.33 bits per heavy atom. The molecule has 86 valence electrons. The molecule has 0 amide bonds. The van der Waals surface area contributed by atoms with Crippen LogP contribution >= 0.6 is 0 Å². The molecule has 0 aromatic carbocycles. The second kappa shape index (κ2) is 4.31. The Bertz CT molecular complexity index is 312. The first-order valence-electron chi connectivity index (χ1n) is 5.38. The summed E-state index contributed by atoms with van der Waals surface area (Å²) in [7, 11) is 0. The zero-order chi connectivity index (χ0) is 11.6. The maximum atomic E-state index is 5.66. The normalized spacial score (nSPS) is 16.4. The van der Waals surface area contributed by atoms with E-state index in [2.05, 4.69) is 37.8 Å². The first kappa shape index (κ1) is 12.2. The van der Waals surface area contributed by atoms with Crippen molar-refractivity contribution in [3.05, 3.63) is 11.7 Å². The van der Waals surface area contributed by atoms with Crippen LogP contribution in [0.2, 0.25) is 0 Å². The van der Waals surface area contributed by atoms with Crippen LogP contribution in [0.5, 0.6) is 0 Å². The van der Waals surface area contributed by atoms with E-state index in [4.69, 9.17) is 10.3 Å². The fraction of sp³-hybridized carbons (Fsp3) is 0.818. The third-order valence-electron chi connectivity index (χ3n) is 2.85. The summed E-state index contributed by atoms with van der Waals surface area (Å²) in [5.74, 6) is 1.77. The van der Waals surface area contributed by atoms with Crippen LogP contribution in [0.25, 0.3) is 0 Å². The van der Waals surface area contributed by atoms with Crippen LogP contribution in [0.4, 0.5) is 0 Å². The predicted octanol–water partition coefficient (Wildman–Crippen LogP) is 2.31. The molecule has 2 unspecified atom stereocenters. The van der Waals surface area contributed by atoms with E-state index >= 15 is 0 Å². The minimum absolute atomic E-state index is 0.160. The second-order valence-electron chi connectivity index (χ2n) is 5.31. The number of nitrogens with zero attached hydrogens (tertiary/aromatic N) is 2. The zero-order valence-electron chi connectivity index (χ0n) is 10.2. The molecule has 4 nitrogen and oxygen atoms in total. The molecule has 0 saturated heterocycles. The second-order valence-corrected chi connectivity index (χ2v) is 5.31.